The van der Waals surface area contributed by atoms with E-state index in [0.29, 0.717) is 46.2 Å². The van der Waals surface area contributed by atoms with Gasteiger partial charge in [-0.25, -0.2) is 18.9 Å². The largest absolute Gasteiger partial charge is 0.427 e. The van der Waals surface area contributed by atoms with Gasteiger partial charge < -0.3 is 24.6 Å². The Morgan fingerprint density at radius 1 is 1.17 bits per heavy atom. The number of anilines is 1. The number of urea groups is 1. The van der Waals surface area contributed by atoms with Gasteiger partial charge >= 0.3 is 18.3 Å². The van der Waals surface area contributed by atoms with Crippen LogP contribution in [0.4, 0.5) is 32.8 Å². The second kappa shape index (κ2) is 12.0. The molecule has 0 unspecified atom stereocenters. The molecule has 1 saturated heterocycles. The molecule has 1 aliphatic carbocycles. The molecule has 4 rings (SSSR count). The summed E-state index contributed by atoms with van der Waals surface area (Å²) in [7, 11) is 3.11. The maximum Gasteiger partial charge on any atom is 0.418 e. The fourth-order valence-electron chi connectivity index (χ4n) is 4.91. The number of benzene rings is 2. The molecule has 226 valence electrons. The van der Waals surface area contributed by atoms with Gasteiger partial charge in [0.05, 0.1) is 6.61 Å². The Morgan fingerprint density at radius 2 is 1.86 bits per heavy atom. The highest BCUT2D eigenvalue weighted by molar-refractivity contribution is 6.06. The van der Waals surface area contributed by atoms with Gasteiger partial charge in [0, 0.05) is 44.9 Å². The third-order valence-electron chi connectivity index (χ3n) is 7.41. The predicted molar refractivity (Wildman–Crippen MR) is 141 cm³/mol. The Kier molecular flexibility index (Phi) is 8.76. The van der Waals surface area contributed by atoms with E-state index in [1.807, 2.05) is 0 Å². The minimum Gasteiger partial charge on any atom is -0.427 e. The van der Waals surface area contributed by atoms with Gasteiger partial charge in [-0.1, -0.05) is 18.2 Å². The highest BCUT2D eigenvalue weighted by atomic mass is 19.4. The van der Waals surface area contributed by atoms with Gasteiger partial charge in [-0.05, 0) is 48.7 Å². The first-order valence-corrected chi connectivity index (χ1v) is 13.1. The first kappa shape index (κ1) is 30.8. The first-order valence-electron chi connectivity index (χ1n) is 13.1. The van der Waals surface area contributed by atoms with Crippen molar-refractivity contribution in [2.75, 3.05) is 39.2 Å². The molecular formula is C28H30F4N4O6. The fraction of sp³-hybridized carbons (Fsp3) is 0.429. The molecule has 10 nitrogen and oxygen atoms in total. The lowest BCUT2D eigenvalue weighted by Gasteiger charge is -2.31. The van der Waals surface area contributed by atoms with Gasteiger partial charge in [0.1, 0.15) is 18.4 Å². The summed E-state index contributed by atoms with van der Waals surface area (Å²) in [6, 6.07) is 6.67. The van der Waals surface area contributed by atoms with Crippen LogP contribution in [0.5, 0.6) is 0 Å². The third kappa shape index (κ3) is 6.17. The SMILES string of the molecule is COCCN(C)C(=O)Nc1ccc2c(c1)CC[C@@]21OC(=O)N(CC(=O)N(Cc2ccc(F)cc2)[C@@H](C)C(F)(F)F)C1=O. The van der Waals surface area contributed by atoms with Crippen LogP contribution >= 0.6 is 0 Å². The smallest absolute Gasteiger partial charge is 0.418 e. The van der Waals surface area contributed by atoms with Crippen molar-refractivity contribution < 1.29 is 46.2 Å². The fourth-order valence-corrected chi connectivity index (χ4v) is 4.91. The van der Waals surface area contributed by atoms with Crippen LogP contribution < -0.4 is 5.32 Å². The number of methoxy groups -OCH3 is 1. The Balaban J connectivity index is 1.51. The van der Waals surface area contributed by atoms with Gasteiger partial charge in [-0.3, -0.25) is 9.59 Å². The Bertz CT molecular complexity index is 1370. The number of carbonyl (C=O) groups excluding carboxylic acids is 4. The number of likely N-dealkylation sites (N-methyl/N-ethyl adjacent to an activating group) is 1. The van der Waals surface area contributed by atoms with Crippen molar-refractivity contribution in [3.8, 4) is 0 Å². The maximum absolute atomic E-state index is 13.6. The predicted octanol–water partition coefficient (Wildman–Crippen LogP) is 4.04. The topological polar surface area (TPSA) is 108 Å². The van der Waals surface area contributed by atoms with Crippen molar-refractivity contribution in [1.29, 1.82) is 0 Å². The number of hydrogen-bond acceptors (Lipinski definition) is 6. The van der Waals surface area contributed by atoms with E-state index in [1.165, 1.54) is 30.2 Å². The van der Waals surface area contributed by atoms with Gasteiger partial charge in [-0.15, -0.1) is 0 Å². The summed E-state index contributed by atoms with van der Waals surface area (Å²) in [5.41, 5.74) is -0.0627. The minimum absolute atomic E-state index is 0.0565. The second-order valence-corrected chi connectivity index (χ2v) is 10.2. The van der Waals surface area contributed by atoms with Crippen LogP contribution in [0.2, 0.25) is 0 Å². The summed E-state index contributed by atoms with van der Waals surface area (Å²) in [4.78, 5) is 54.4. The Morgan fingerprint density at radius 3 is 2.50 bits per heavy atom. The van der Waals surface area contributed by atoms with E-state index in [0.717, 1.165) is 19.1 Å². The molecule has 2 aromatic rings. The lowest BCUT2D eigenvalue weighted by molar-refractivity contribution is -0.187. The van der Waals surface area contributed by atoms with E-state index < -0.39 is 54.6 Å². The zero-order valence-corrected chi connectivity index (χ0v) is 23.2. The number of imide groups is 1. The zero-order valence-electron chi connectivity index (χ0n) is 23.2. The average molecular weight is 595 g/mol. The molecule has 1 aliphatic heterocycles. The zero-order chi connectivity index (χ0) is 30.8. The molecule has 2 atom stereocenters. The summed E-state index contributed by atoms with van der Waals surface area (Å²) in [6.45, 7) is -0.00895. The number of ether oxygens (including phenoxy) is 2. The summed E-state index contributed by atoms with van der Waals surface area (Å²) in [5, 5.41) is 2.74. The lowest BCUT2D eigenvalue weighted by atomic mass is 9.94. The van der Waals surface area contributed by atoms with E-state index in [1.54, 1.807) is 19.2 Å². The number of nitrogens with one attached hydrogen (secondary N) is 1. The van der Waals surface area contributed by atoms with Crippen molar-refractivity contribution >= 4 is 29.6 Å². The van der Waals surface area contributed by atoms with Crippen molar-refractivity contribution in [2.24, 2.45) is 0 Å². The summed E-state index contributed by atoms with van der Waals surface area (Å²) >= 11 is 0. The van der Waals surface area contributed by atoms with Crippen LogP contribution in [-0.4, -0.2) is 84.7 Å². The van der Waals surface area contributed by atoms with Gasteiger partial charge in [0.25, 0.3) is 5.91 Å². The van der Waals surface area contributed by atoms with E-state index >= 15 is 0 Å². The van der Waals surface area contributed by atoms with E-state index in [9.17, 15) is 36.7 Å². The second-order valence-electron chi connectivity index (χ2n) is 10.2. The molecule has 14 heteroatoms. The molecule has 5 amide bonds. The highest BCUT2D eigenvalue weighted by Gasteiger charge is 2.58. The van der Waals surface area contributed by atoms with Gasteiger partial charge in [-0.2, -0.15) is 13.2 Å². The van der Waals surface area contributed by atoms with Crippen LogP contribution in [0.15, 0.2) is 42.5 Å². The standard InChI is InChI=1S/C28H30F4N4O6/c1-17(28(30,31)32)35(15-18-4-6-20(29)7-5-18)23(37)16-36-24(38)27(42-26(36)40)11-10-19-14-21(8-9-22(19)27)33-25(39)34(2)12-13-41-3/h4-9,14,17H,10-13,15-16H2,1-3H3,(H,33,39)/t17-,27+/m0/s1. The summed E-state index contributed by atoms with van der Waals surface area (Å²) < 4.78 is 64.7. The minimum atomic E-state index is -4.80. The third-order valence-corrected chi connectivity index (χ3v) is 7.41. The number of halogens is 4. The molecule has 1 heterocycles. The van der Waals surface area contributed by atoms with Crippen molar-refractivity contribution in [3.05, 3.63) is 65.0 Å². The van der Waals surface area contributed by atoms with E-state index in [4.69, 9.17) is 9.47 Å². The van der Waals surface area contributed by atoms with Crippen molar-refractivity contribution in [3.63, 3.8) is 0 Å². The monoisotopic (exact) mass is 594 g/mol. The molecule has 2 aliphatic rings. The Labute approximate surface area is 239 Å². The maximum atomic E-state index is 13.6. The number of aryl methyl sites for hydroxylation is 1. The molecule has 0 aromatic heterocycles. The van der Waals surface area contributed by atoms with Gasteiger partial charge in [0.15, 0.2) is 0 Å². The van der Waals surface area contributed by atoms with E-state index in [2.05, 4.69) is 5.32 Å². The molecule has 1 N–H and O–H groups in total. The number of fused-ring (bicyclic) bond motifs is 2. The number of alkyl halides is 3. The van der Waals surface area contributed by atoms with Crippen LogP contribution in [0.25, 0.3) is 0 Å². The molecule has 1 fully saturated rings. The van der Waals surface area contributed by atoms with Gasteiger partial charge in [0.2, 0.25) is 11.5 Å². The normalized spacial score (nSPS) is 18.6. The number of amides is 5. The van der Waals surface area contributed by atoms with Crippen LogP contribution in [0.1, 0.15) is 30.0 Å². The molecule has 0 saturated carbocycles. The summed E-state index contributed by atoms with van der Waals surface area (Å²) in [5.74, 6) is -2.60. The van der Waals surface area contributed by atoms with Crippen LogP contribution in [0, 0.1) is 5.82 Å². The number of nitrogens with zero attached hydrogens (tertiary/aromatic N) is 3. The van der Waals surface area contributed by atoms with Crippen molar-refractivity contribution in [1.82, 2.24) is 14.7 Å². The molecule has 2 aromatic carbocycles. The van der Waals surface area contributed by atoms with E-state index in [-0.39, 0.29) is 18.0 Å². The molecule has 42 heavy (non-hydrogen) atoms. The molecular weight excluding hydrogens is 564 g/mol. The summed E-state index contributed by atoms with van der Waals surface area (Å²) in [6.07, 6.45) is -5.59. The first-order chi connectivity index (χ1) is 19.8. The van der Waals surface area contributed by atoms with Crippen LogP contribution in [0.3, 0.4) is 0 Å². The molecule has 0 bridgehead atoms. The number of carbonyl (C=O) groups is 4. The highest BCUT2D eigenvalue weighted by Crippen LogP contribution is 2.46. The molecule has 0 radical (unpaired) electrons. The number of hydrogen-bond donors (Lipinski definition) is 1. The molecule has 1 spiro atoms. The van der Waals surface area contributed by atoms with Crippen LogP contribution in [-0.2, 0) is 37.6 Å². The Hall–Kier alpha value is -4.20. The lowest BCUT2D eigenvalue weighted by Crippen LogP contribution is -2.51. The van der Waals surface area contributed by atoms with Crippen molar-refractivity contribution in [2.45, 2.75) is 44.1 Å². The quantitative estimate of drug-likeness (QED) is 0.440. The average Bonchev–Trinajstić information content (AvgIpc) is 3.41. The number of rotatable bonds is 9.